The number of aliphatic hydroxyl groups excluding tert-OH is 1. The number of carboxylic acid groups (broad SMARTS) is 1. The number of likely N-dealkylation sites (tertiary alicyclic amines) is 1. The molecule has 2 aromatic carbocycles. The Morgan fingerprint density at radius 2 is 1.87 bits per heavy atom. The molecule has 0 aliphatic carbocycles. The maximum atomic E-state index is 11.9. The van der Waals surface area contributed by atoms with Crippen LogP contribution in [-0.4, -0.2) is 127 Å². The van der Waals surface area contributed by atoms with Crippen LogP contribution in [0.4, 0.5) is 16.3 Å². The van der Waals surface area contributed by atoms with Gasteiger partial charge in [0, 0.05) is 55.4 Å². The first-order valence-electron chi connectivity index (χ1n) is 16.3. The summed E-state index contributed by atoms with van der Waals surface area (Å²) in [7, 11) is 2.05. The quantitative estimate of drug-likeness (QED) is 0.279. The number of nitriles is 1. The fraction of sp³-hybridized carbons (Fsp3) is 0.529. The molecule has 47 heavy (non-hydrogen) atoms. The molecule has 3 atom stereocenters. The molecule has 1 amide bonds. The SMILES string of the molecule is CN1C[C@H](OCCOCCO)C[C@H]1COc1nc2c(c(N3CCN(C(=O)O)[C@@H](CC#N)C3)n1)CCN(c1cccc3ccccc13)C2. The maximum absolute atomic E-state index is 11.9. The second-order valence-corrected chi connectivity index (χ2v) is 12.3. The second kappa shape index (κ2) is 15.1. The lowest BCUT2D eigenvalue weighted by Gasteiger charge is -2.41. The van der Waals surface area contributed by atoms with Gasteiger partial charge >= 0.3 is 12.1 Å². The van der Waals surface area contributed by atoms with Crippen molar-refractivity contribution in [3.8, 4) is 12.1 Å². The molecule has 0 unspecified atom stereocenters. The Morgan fingerprint density at radius 1 is 1.02 bits per heavy atom. The van der Waals surface area contributed by atoms with Gasteiger partial charge in [0.05, 0.1) is 63.3 Å². The fourth-order valence-corrected chi connectivity index (χ4v) is 6.94. The summed E-state index contributed by atoms with van der Waals surface area (Å²) in [5.41, 5.74) is 3.09. The first kappa shape index (κ1) is 32.7. The van der Waals surface area contributed by atoms with Gasteiger partial charge < -0.3 is 39.1 Å². The van der Waals surface area contributed by atoms with Crippen LogP contribution in [0, 0.1) is 11.3 Å². The maximum Gasteiger partial charge on any atom is 0.407 e. The normalized spacial score (nSPS) is 21.6. The lowest BCUT2D eigenvalue weighted by molar-refractivity contribution is 0.00184. The molecule has 13 heteroatoms. The van der Waals surface area contributed by atoms with Crippen molar-refractivity contribution in [3.63, 3.8) is 0 Å². The Labute approximate surface area is 274 Å². The highest BCUT2D eigenvalue weighted by Gasteiger charge is 2.35. The lowest BCUT2D eigenvalue weighted by Crippen LogP contribution is -2.55. The van der Waals surface area contributed by atoms with Gasteiger partial charge in [0.1, 0.15) is 12.4 Å². The summed E-state index contributed by atoms with van der Waals surface area (Å²) in [6.07, 6.45) is 0.686. The van der Waals surface area contributed by atoms with Gasteiger partial charge in [0.2, 0.25) is 0 Å². The second-order valence-electron chi connectivity index (χ2n) is 12.3. The molecular formula is C34H43N7O6. The highest BCUT2D eigenvalue weighted by molar-refractivity contribution is 5.94. The van der Waals surface area contributed by atoms with Crippen LogP contribution in [0.5, 0.6) is 6.01 Å². The van der Waals surface area contributed by atoms with E-state index < -0.39 is 12.1 Å². The Kier molecular flexibility index (Phi) is 10.5. The van der Waals surface area contributed by atoms with Crippen molar-refractivity contribution in [1.82, 2.24) is 19.8 Å². The fourth-order valence-electron chi connectivity index (χ4n) is 6.94. The largest absolute Gasteiger partial charge is 0.465 e. The molecule has 2 saturated heterocycles. The molecule has 0 radical (unpaired) electrons. The number of anilines is 2. The van der Waals surface area contributed by atoms with E-state index in [2.05, 4.69) is 64.2 Å². The molecular weight excluding hydrogens is 602 g/mol. The molecule has 0 bridgehead atoms. The van der Waals surface area contributed by atoms with Gasteiger partial charge in [0.25, 0.3) is 0 Å². The molecule has 3 aromatic rings. The zero-order valence-electron chi connectivity index (χ0n) is 26.8. The Hall–Kier alpha value is -4.22. The summed E-state index contributed by atoms with van der Waals surface area (Å²) >= 11 is 0. The number of rotatable bonds is 12. The van der Waals surface area contributed by atoms with Gasteiger partial charge in [-0.2, -0.15) is 15.2 Å². The molecule has 1 aromatic heterocycles. The van der Waals surface area contributed by atoms with Gasteiger partial charge in [-0.3, -0.25) is 4.90 Å². The molecule has 4 heterocycles. The summed E-state index contributed by atoms with van der Waals surface area (Å²) < 4.78 is 17.7. The van der Waals surface area contributed by atoms with Gasteiger partial charge in [0.15, 0.2) is 0 Å². The van der Waals surface area contributed by atoms with E-state index in [1.807, 2.05) is 6.07 Å². The van der Waals surface area contributed by atoms with E-state index in [1.54, 1.807) is 0 Å². The number of piperazine rings is 1. The van der Waals surface area contributed by atoms with Crippen LogP contribution in [0.1, 0.15) is 24.1 Å². The van der Waals surface area contributed by atoms with E-state index in [-0.39, 0.29) is 31.7 Å². The van der Waals surface area contributed by atoms with E-state index in [0.29, 0.717) is 52.1 Å². The van der Waals surface area contributed by atoms with Crippen molar-refractivity contribution in [3.05, 3.63) is 53.7 Å². The summed E-state index contributed by atoms with van der Waals surface area (Å²) in [5, 5.41) is 30.5. The average Bonchev–Trinajstić information content (AvgIpc) is 3.45. The van der Waals surface area contributed by atoms with Gasteiger partial charge in [-0.25, -0.2) is 4.79 Å². The molecule has 0 saturated carbocycles. The summed E-state index contributed by atoms with van der Waals surface area (Å²) in [4.78, 5) is 29.9. The molecule has 250 valence electrons. The van der Waals surface area contributed by atoms with E-state index in [1.165, 1.54) is 15.7 Å². The number of ether oxygens (including phenoxy) is 3. The zero-order chi connectivity index (χ0) is 32.8. The number of hydrogen-bond donors (Lipinski definition) is 2. The van der Waals surface area contributed by atoms with Crippen LogP contribution in [-0.2, 0) is 22.4 Å². The van der Waals surface area contributed by atoms with Crippen molar-refractivity contribution in [2.45, 2.75) is 44.0 Å². The Balaban J connectivity index is 1.23. The highest BCUT2D eigenvalue weighted by Crippen LogP contribution is 2.35. The topological polar surface area (TPSA) is 148 Å². The number of hydrogen-bond acceptors (Lipinski definition) is 11. The van der Waals surface area contributed by atoms with Crippen molar-refractivity contribution in [2.75, 3.05) is 82.6 Å². The van der Waals surface area contributed by atoms with Crippen LogP contribution in [0.2, 0.25) is 0 Å². The van der Waals surface area contributed by atoms with Crippen molar-refractivity contribution in [2.24, 2.45) is 0 Å². The standard InChI is InChI=1S/C34H43N7O6/c1-38-21-27(46-18-17-45-16-15-42)19-26(38)23-47-33-36-30-22-39(31-8-4-6-24-5-2-3-7-28(24)31)12-10-29(30)32(37-33)40-13-14-41(34(43)44)25(20-40)9-11-35/h2-8,25-27,42H,9-10,12-23H2,1H3,(H,43,44)/t25-,26-,27+/m0/s1. The molecule has 3 aliphatic rings. The smallest absolute Gasteiger partial charge is 0.407 e. The number of fused-ring (bicyclic) bond motifs is 2. The number of nitrogens with zero attached hydrogens (tertiary/aromatic N) is 7. The van der Waals surface area contributed by atoms with Gasteiger partial charge in [-0.05, 0) is 31.3 Å². The van der Waals surface area contributed by atoms with E-state index in [4.69, 9.17) is 29.3 Å². The molecule has 2 fully saturated rings. The molecule has 2 N–H and O–H groups in total. The lowest BCUT2D eigenvalue weighted by atomic mass is 10.0. The molecule has 13 nitrogen and oxygen atoms in total. The first-order chi connectivity index (χ1) is 22.9. The van der Waals surface area contributed by atoms with Gasteiger partial charge in [-0.1, -0.05) is 36.4 Å². The van der Waals surface area contributed by atoms with Gasteiger partial charge in [-0.15, -0.1) is 0 Å². The summed E-state index contributed by atoms with van der Waals surface area (Å²) in [6.45, 7) is 4.90. The van der Waals surface area contributed by atoms with Crippen LogP contribution >= 0.6 is 0 Å². The minimum absolute atomic E-state index is 0.00174. The number of carbonyl (C=O) groups is 1. The first-order valence-corrected chi connectivity index (χ1v) is 16.3. The summed E-state index contributed by atoms with van der Waals surface area (Å²) in [5.74, 6) is 0.763. The van der Waals surface area contributed by atoms with Crippen molar-refractivity contribution < 1.29 is 29.2 Å². The third-order valence-electron chi connectivity index (χ3n) is 9.36. The average molecular weight is 646 g/mol. The zero-order valence-corrected chi connectivity index (χ0v) is 26.8. The van der Waals surface area contributed by atoms with Crippen LogP contribution < -0.4 is 14.5 Å². The van der Waals surface area contributed by atoms with Crippen LogP contribution in [0.15, 0.2) is 42.5 Å². The van der Waals surface area contributed by atoms with E-state index >= 15 is 0 Å². The number of benzene rings is 2. The number of aliphatic hydroxyl groups is 1. The van der Waals surface area contributed by atoms with Crippen molar-refractivity contribution in [1.29, 1.82) is 5.26 Å². The summed E-state index contributed by atoms with van der Waals surface area (Å²) in [6, 6.07) is 16.9. The highest BCUT2D eigenvalue weighted by atomic mass is 16.5. The molecule has 6 rings (SSSR count). The number of aromatic nitrogens is 2. The molecule has 0 spiro atoms. The minimum atomic E-state index is -1.01. The van der Waals surface area contributed by atoms with Crippen molar-refractivity contribution >= 4 is 28.4 Å². The Bertz CT molecular complexity index is 1580. The van der Waals surface area contributed by atoms with Crippen LogP contribution in [0.3, 0.4) is 0 Å². The molecule has 3 aliphatic heterocycles. The predicted molar refractivity (Wildman–Crippen MR) is 176 cm³/mol. The third-order valence-corrected chi connectivity index (χ3v) is 9.36. The number of amides is 1. The van der Waals surface area contributed by atoms with Crippen LogP contribution in [0.25, 0.3) is 10.8 Å². The van der Waals surface area contributed by atoms with E-state index in [9.17, 15) is 15.2 Å². The predicted octanol–water partition coefficient (Wildman–Crippen LogP) is 2.75. The Morgan fingerprint density at radius 3 is 2.70 bits per heavy atom. The minimum Gasteiger partial charge on any atom is -0.465 e. The monoisotopic (exact) mass is 645 g/mol. The number of likely N-dealkylation sites (N-methyl/N-ethyl adjacent to an activating group) is 1. The van der Waals surface area contributed by atoms with E-state index in [0.717, 1.165) is 48.7 Å². The third kappa shape index (κ3) is 7.52.